The first-order valence-electron chi connectivity index (χ1n) is 7.26. The Labute approximate surface area is 130 Å². The summed E-state index contributed by atoms with van der Waals surface area (Å²) in [5.41, 5.74) is -0.512. The summed E-state index contributed by atoms with van der Waals surface area (Å²) in [5, 5.41) is 0.521. The van der Waals surface area contributed by atoms with E-state index in [4.69, 9.17) is 16.3 Å². The van der Waals surface area contributed by atoms with E-state index in [-0.39, 0.29) is 25.0 Å². The van der Waals surface area contributed by atoms with Gasteiger partial charge in [-0.25, -0.2) is 0 Å². The smallest absolute Gasteiger partial charge is 0.236 e. The van der Waals surface area contributed by atoms with Crippen LogP contribution in [0.4, 0.5) is 0 Å². The first-order valence-corrected chi connectivity index (χ1v) is 7.64. The van der Waals surface area contributed by atoms with Gasteiger partial charge in [0.05, 0.1) is 17.0 Å². The summed E-state index contributed by atoms with van der Waals surface area (Å²) >= 11 is 5.99. The molecule has 1 aliphatic heterocycles. The Hall–Kier alpha value is -1.55. The van der Waals surface area contributed by atoms with Crippen molar-refractivity contribution in [2.24, 2.45) is 5.41 Å². The van der Waals surface area contributed by atoms with Crippen molar-refractivity contribution in [3.63, 3.8) is 0 Å². The van der Waals surface area contributed by atoms with Gasteiger partial charge in [0.2, 0.25) is 11.8 Å². The monoisotopic (exact) mass is 309 g/mol. The van der Waals surface area contributed by atoms with Crippen LogP contribution in [0.2, 0.25) is 5.02 Å². The van der Waals surface area contributed by atoms with Gasteiger partial charge in [0.1, 0.15) is 12.4 Å². The fourth-order valence-corrected chi connectivity index (χ4v) is 2.89. The lowest BCUT2D eigenvalue weighted by atomic mass is 9.81. The number of rotatable bonds is 6. The molecule has 0 aromatic heterocycles. The lowest BCUT2D eigenvalue weighted by molar-refractivity contribution is -0.142. The molecule has 0 unspecified atom stereocenters. The van der Waals surface area contributed by atoms with Crippen LogP contribution in [0.5, 0.6) is 5.75 Å². The maximum absolute atomic E-state index is 12.4. The fourth-order valence-electron chi connectivity index (χ4n) is 2.70. The second-order valence-corrected chi connectivity index (χ2v) is 5.70. The van der Waals surface area contributed by atoms with Crippen molar-refractivity contribution in [3.8, 4) is 5.75 Å². The third-order valence-electron chi connectivity index (χ3n) is 4.25. The molecule has 1 saturated heterocycles. The molecule has 0 N–H and O–H groups in total. The number of nitrogens with zero attached hydrogens (tertiary/aromatic N) is 1. The van der Waals surface area contributed by atoms with Crippen molar-refractivity contribution >= 4 is 23.4 Å². The molecule has 2 amide bonds. The molecule has 5 heteroatoms. The maximum atomic E-state index is 12.4. The van der Waals surface area contributed by atoms with Gasteiger partial charge in [-0.15, -0.1) is 0 Å². The standard InChI is InChI=1S/C16H20ClNO3/c1-3-16(4-2)11-14(19)18(15(16)20)9-10-21-13-8-6-5-7-12(13)17/h5-8H,3-4,9-11H2,1-2H3. The molecule has 114 valence electrons. The third-order valence-corrected chi connectivity index (χ3v) is 4.56. The van der Waals surface area contributed by atoms with E-state index in [0.29, 0.717) is 30.0 Å². The normalized spacial score (nSPS) is 17.4. The zero-order chi connectivity index (χ0) is 15.5. The predicted molar refractivity (Wildman–Crippen MR) is 81.3 cm³/mol. The molecule has 0 aliphatic carbocycles. The van der Waals surface area contributed by atoms with Crippen molar-refractivity contribution < 1.29 is 14.3 Å². The molecule has 21 heavy (non-hydrogen) atoms. The summed E-state index contributed by atoms with van der Waals surface area (Å²) in [6.45, 7) is 4.44. The first kappa shape index (κ1) is 15.8. The average molecular weight is 310 g/mol. The summed E-state index contributed by atoms with van der Waals surface area (Å²) in [5.74, 6) is 0.391. The summed E-state index contributed by atoms with van der Waals surface area (Å²) in [4.78, 5) is 25.8. The van der Waals surface area contributed by atoms with E-state index in [9.17, 15) is 9.59 Å². The van der Waals surface area contributed by atoms with E-state index >= 15 is 0 Å². The highest BCUT2D eigenvalue weighted by Crippen LogP contribution is 2.39. The molecule has 0 saturated carbocycles. The molecule has 1 heterocycles. The molecule has 1 aromatic carbocycles. The fraction of sp³-hybridized carbons (Fsp3) is 0.500. The number of halogens is 1. The van der Waals surface area contributed by atoms with Crippen LogP contribution < -0.4 is 4.74 Å². The molecule has 4 nitrogen and oxygen atoms in total. The number of hydrogen-bond donors (Lipinski definition) is 0. The first-order chi connectivity index (χ1) is 10.0. The number of carbonyl (C=O) groups is 2. The SMILES string of the molecule is CCC1(CC)CC(=O)N(CCOc2ccccc2Cl)C1=O. The van der Waals surface area contributed by atoms with Crippen molar-refractivity contribution in [1.82, 2.24) is 4.90 Å². The second kappa shape index (κ2) is 6.48. The molecule has 0 spiro atoms. The molecule has 2 rings (SSSR count). The van der Waals surface area contributed by atoms with Gasteiger partial charge in [-0.2, -0.15) is 0 Å². The predicted octanol–water partition coefficient (Wildman–Crippen LogP) is 3.28. The molecular formula is C16H20ClNO3. The van der Waals surface area contributed by atoms with E-state index in [2.05, 4.69) is 0 Å². The topological polar surface area (TPSA) is 46.6 Å². The minimum absolute atomic E-state index is 0.0692. The Morgan fingerprint density at radius 3 is 2.48 bits per heavy atom. The molecule has 0 atom stereocenters. The van der Waals surface area contributed by atoms with Crippen LogP contribution in [0.15, 0.2) is 24.3 Å². The third kappa shape index (κ3) is 3.05. The Kier molecular flexibility index (Phi) is 4.88. The Bertz CT molecular complexity index is 540. The van der Waals surface area contributed by atoms with Crippen molar-refractivity contribution in [2.75, 3.05) is 13.2 Å². The maximum Gasteiger partial charge on any atom is 0.236 e. The summed E-state index contributed by atoms with van der Waals surface area (Å²) < 4.78 is 5.55. The zero-order valence-corrected chi connectivity index (χ0v) is 13.2. The highest BCUT2D eigenvalue weighted by atomic mass is 35.5. The summed E-state index contributed by atoms with van der Waals surface area (Å²) in [7, 11) is 0. The largest absolute Gasteiger partial charge is 0.490 e. The average Bonchev–Trinajstić information content (AvgIpc) is 2.73. The van der Waals surface area contributed by atoms with Crippen LogP contribution in [0.1, 0.15) is 33.1 Å². The molecule has 1 fully saturated rings. The van der Waals surface area contributed by atoms with Gasteiger partial charge in [-0.05, 0) is 25.0 Å². The number of ether oxygens (including phenoxy) is 1. The van der Waals surface area contributed by atoms with E-state index in [1.165, 1.54) is 4.90 Å². The molecule has 1 aliphatic rings. The molecule has 0 bridgehead atoms. The highest BCUT2D eigenvalue weighted by Gasteiger charge is 2.48. The van der Waals surface area contributed by atoms with E-state index in [0.717, 1.165) is 0 Å². The molecule has 0 radical (unpaired) electrons. The van der Waals surface area contributed by atoms with Crippen LogP contribution in [-0.4, -0.2) is 29.9 Å². The highest BCUT2D eigenvalue weighted by molar-refractivity contribution is 6.32. The van der Waals surface area contributed by atoms with Crippen LogP contribution in [0, 0.1) is 5.41 Å². The zero-order valence-electron chi connectivity index (χ0n) is 12.4. The van der Waals surface area contributed by atoms with E-state index in [1.807, 2.05) is 26.0 Å². The number of para-hydroxylation sites is 1. The Morgan fingerprint density at radius 2 is 1.90 bits per heavy atom. The number of hydrogen-bond acceptors (Lipinski definition) is 3. The van der Waals surface area contributed by atoms with Crippen molar-refractivity contribution in [3.05, 3.63) is 29.3 Å². The summed E-state index contributed by atoms with van der Waals surface area (Å²) in [6, 6.07) is 7.15. The number of likely N-dealkylation sites (tertiary alicyclic amines) is 1. The van der Waals surface area contributed by atoms with E-state index < -0.39 is 5.41 Å². The van der Waals surface area contributed by atoms with Gasteiger partial charge >= 0.3 is 0 Å². The van der Waals surface area contributed by atoms with Gasteiger partial charge < -0.3 is 4.74 Å². The molecule has 1 aromatic rings. The number of amides is 2. The van der Waals surface area contributed by atoms with Gasteiger partial charge in [0.25, 0.3) is 0 Å². The minimum Gasteiger partial charge on any atom is -0.490 e. The second-order valence-electron chi connectivity index (χ2n) is 5.29. The lowest BCUT2D eigenvalue weighted by Gasteiger charge is -2.23. The van der Waals surface area contributed by atoms with Crippen LogP contribution in [0.3, 0.4) is 0 Å². The van der Waals surface area contributed by atoms with Gasteiger partial charge in [-0.3, -0.25) is 14.5 Å². The van der Waals surface area contributed by atoms with Crippen molar-refractivity contribution in [2.45, 2.75) is 33.1 Å². The van der Waals surface area contributed by atoms with Crippen LogP contribution in [0.25, 0.3) is 0 Å². The quantitative estimate of drug-likeness (QED) is 0.758. The van der Waals surface area contributed by atoms with Gasteiger partial charge in [0, 0.05) is 6.42 Å². The number of benzene rings is 1. The van der Waals surface area contributed by atoms with E-state index in [1.54, 1.807) is 12.1 Å². The Balaban J connectivity index is 1.96. The number of carbonyl (C=O) groups excluding carboxylic acids is 2. The molecular weight excluding hydrogens is 290 g/mol. The van der Waals surface area contributed by atoms with Gasteiger partial charge in [-0.1, -0.05) is 37.6 Å². The minimum atomic E-state index is -0.512. The summed E-state index contributed by atoms with van der Waals surface area (Å²) in [6.07, 6.45) is 1.69. The number of imide groups is 1. The Morgan fingerprint density at radius 1 is 1.24 bits per heavy atom. The van der Waals surface area contributed by atoms with Crippen LogP contribution >= 0.6 is 11.6 Å². The lowest BCUT2D eigenvalue weighted by Crippen LogP contribution is -2.37. The van der Waals surface area contributed by atoms with Gasteiger partial charge in [0.15, 0.2) is 0 Å². The van der Waals surface area contributed by atoms with Crippen molar-refractivity contribution in [1.29, 1.82) is 0 Å². The van der Waals surface area contributed by atoms with Crippen LogP contribution in [-0.2, 0) is 9.59 Å².